The maximum atomic E-state index is 13.7. The van der Waals surface area contributed by atoms with Gasteiger partial charge in [0.1, 0.15) is 0 Å². The molecule has 25 heavy (non-hydrogen) atoms. The highest BCUT2D eigenvalue weighted by molar-refractivity contribution is 5.94. The van der Waals surface area contributed by atoms with Crippen LogP contribution in [0.4, 0.5) is 8.78 Å². The monoisotopic (exact) mass is 344 g/mol. The molecule has 1 heterocycles. The third kappa shape index (κ3) is 3.87. The predicted octanol–water partition coefficient (Wildman–Crippen LogP) is 3.53. The minimum absolute atomic E-state index is 0.161. The number of fused-ring (bicyclic) bond motifs is 1. The largest absolute Gasteiger partial charge is 0.350 e. The highest BCUT2D eigenvalue weighted by Gasteiger charge is 2.23. The van der Waals surface area contributed by atoms with Crippen LogP contribution in [-0.2, 0) is 13.0 Å². The van der Waals surface area contributed by atoms with Gasteiger partial charge in [-0.3, -0.25) is 9.69 Å². The molecule has 3 rings (SSSR count). The van der Waals surface area contributed by atoms with Gasteiger partial charge < -0.3 is 5.32 Å². The van der Waals surface area contributed by atoms with Gasteiger partial charge in [0.25, 0.3) is 5.91 Å². The van der Waals surface area contributed by atoms with Gasteiger partial charge in [-0.05, 0) is 36.1 Å². The average Bonchev–Trinajstić information content (AvgIpc) is 2.64. The number of carbonyl (C=O) groups is 1. The lowest BCUT2D eigenvalue weighted by Crippen LogP contribution is -2.45. The van der Waals surface area contributed by atoms with Crippen molar-refractivity contribution in [1.29, 1.82) is 0 Å². The van der Waals surface area contributed by atoms with E-state index in [1.807, 2.05) is 6.07 Å². The first-order chi connectivity index (χ1) is 12.1. The number of carbonyl (C=O) groups excluding carboxylic acids is 1. The first-order valence-corrected chi connectivity index (χ1v) is 8.63. The maximum Gasteiger partial charge on any atom is 0.254 e. The summed E-state index contributed by atoms with van der Waals surface area (Å²) in [6.45, 7) is 4.26. The fourth-order valence-corrected chi connectivity index (χ4v) is 3.35. The smallest absolute Gasteiger partial charge is 0.254 e. The molecule has 132 valence electrons. The van der Waals surface area contributed by atoms with E-state index in [2.05, 4.69) is 35.3 Å². The number of benzene rings is 2. The van der Waals surface area contributed by atoms with Gasteiger partial charge in [0, 0.05) is 25.7 Å². The number of rotatable bonds is 5. The SMILES string of the molecule is CCC(CNC(=O)c1cccc(F)c1F)N1CCc2ccccc2C1. The van der Waals surface area contributed by atoms with Crippen molar-refractivity contribution in [3.05, 3.63) is 70.8 Å². The summed E-state index contributed by atoms with van der Waals surface area (Å²) in [6, 6.07) is 12.2. The van der Waals surface area contributed by atoms with Crippen LogP contribution < -0.4 is 5.32 Å². The van der Waals surface area contributed by atoms with Gasteiger partial charge in [-0.25, -0.2) is 8.78 Å². The second kappa shape index (κ2) is 7.74. The lowest BCUT2D eigenvalue weighted by molar-refractivity contribution is 0.0921. The Balaban J connectivity index is 1.63. The molecule has 1 N–H and O–H groups in total. The molecule has 0 saturated heterocycles. The fraction of sp³-hybridized carbons (Fsp3) is 0.350. The van der Waals surface area contributed by atoms with Crippen LogP contribution in [-0.4, -0.2) is 29.9 Å². The van der Waals surface area contributed by atoms with Crippen molar-refractivity contribution in [3.8, 4) is 0 Å². The molecule has 0 spiro atoms. The fourth-order valence-electron chi connectivity index (χ4n) is 3.35. The van der Waals surface area contributed by atoms with Crippen molar-refractivity contribution < 1.29 is 13.6 Å². The van der Waals surface area contributed by atoms with Crippen LogP contribution >= 0.6 is 0 Å². The molecule has 1 aliphatic heterocycles. The number of hydrogen-bond acceptors (Lipinski definition) is 2. The van der Waals surface area contributed by atoms with Crippen LogP contribution in [0.2, 0.25) is 0 Å². The summed E-state index contributed by atoms with van der Waals surface area (Å²) in [5, 5.41) is 2.75. The van der Waals surface area contributed by atoms with Crippen LogP contribution in [0.5, 0.6) is 0 Å². The molecule has 2 aromatic carbocycles. The van der Waals surface area contributed by atoms with Gasteiger partial charge in [-0.1, -0.05) is 37.3 Å². The van der Waals surface area contributed by atoms with E-state index in [0.717, 1.165) is 32.0 Å². The number of halogens is 2. The Labute approximate surface area is 146 Å². The number of nitrogens with one attached hydrogen (secondary N) is 1. The molecule has 1 unspecified atom stereocenters. The van der Waals surface area contributed by atoms with Gasteiger partial charge >= 0.3 is 0 Å². The topological polar surface area (TPSA) is 32.3 Å². The Kier molecular flexibility index (Phi) is 5.43. The van der Waals surface area contributed by atoms with Gasteiger partial charge in [0.2, 0.25) is 0 Å². The van der Waals surface area contributed by atoms with E-state index in [0.29, 0.717) is 6.54 Å². The van der Waals surface area contributed by atoms with E-state index < -0.39 is 17.5 Å². The van der Waals surface area contributed by atoms with Crippen molar-refractivity contribution in [3.63, 3.8) is 0 Å². The highest BCUT2D eigenvalue weighted by Crippen LogP contribution is 2.21. The highest BCUT2D eigenvalue weighted by atomic mass is 19.2. The summed E-state index contributed by atoms with van der Waals surface area (Å²) in [7, 11) is 0. The van der Waals surface area contributed by atoms with Crippen molar-refractivity contribution in [2.24, 2.45) is 0 Å². The molecule has 0 aliphatic carbocycles. The second-order valence-electron chi connectivity index (χ2n) is 6.36. The van der Waals surface area contributed by atoms with E-state index in [9.17, 15) is 13.6 Å². The van der Waals surface area contributed by atoms with Crippen LogP contribution in [0.1, 0.15) is 34.8 Å². The molecule has 0 aromatic heterocycles. The molecule has 0 saturated carbocycles. The van der Waals surface area contributed by atoms with Crippen LogP contribution in [0.25, 0.3) is 0 Å². The van der Waals surface area contributed by atoms with Crippen LogP contribution in [0.3, 0.4) is 0 Å². The third-order valence-electron chi connectivity index (χ3n) is 4.84. The summed E-state index contributed by atoms with van der Waals surface area (Å²) < 4.78 is 27.0. The zero-order valence-electron chi connectivity index (χ0n) is 14.3. The maximum absolute atomic E-state index is 13.7. The minimum Gasteiger partial charge on any atom is -0.350 e. The molecule has 0 bridgehead atoms. The Hall–Kier alpha value is -2.27. The zero-order valence-corrected chi connectivity index (χ0v) is 14.3. The van der Waals surface area contributed by atoms with Crippen molar-refractivity contribution in [1.82, 2.24) is 10.2 Å². The molecular weight excluding hydrogens is 322 g/mol. The third-order valence-corrected chi connectivity index (χ3v) is 4.84. The lowest BCUT2D eigenvalue weighted by atomic mass is 9.98. The van der Waals surface area contributed by atoms with Crippen LogP contribution in [0.15, 0.2) is 42.5 Å². The molecule has 0 fully saturated rings. The summed E-state index contributed by atoms with van der Waals surface area (Å²) in [4.78, 5) is 14.5. The van der Waals surface area contributed by atoms with E-state index in [1.54, 1.807) is 0 Å². The average molecular weight is 344 g/mol. The van der Waals surface area contributed by atoms with E-state index in [-0.39, 0.29) is 11.6 Å². The van der Waals surface area contributed by atoms with Gasteiger partial charge in [-0.15, -0.1) is 0 Å². The molecule has 1 amide bonds. The molecular formula is C20H22F2N2O. The minimum atomic E-state index is -1.10. The summed E-state index contributed by atoms with van der Waals surface area (Å²) in [5.41, 5.74) is 2.44. The van der Waals surface area contributed by atoms with Gasteiger partial charge in [0.15, 0.2) is 11.6 Å². The lowest BCUT2D eigenvalue weighted by Gasteiger charge is -2.35. The molecule has 1 aliphatic rings. The Morgan fingerprint density at radius 3 is 2.68 bits per heavy atom. The Morgan fingerprint density at radius 2 is 1.92 bits per heavy atom. The number of amides is 1. The van der Waals surface area contributed by atoms with E-state index >= 15 is 0 Å². The summed E-state index contributed by atoms with van der Waals surface area (Å²) >= 11 is 0. The van der Waals surface area contributed by atoms with Crippen molar-refractivity contribution >= 4 is 5.91 Å². The molecule has 2 aromatic rings. The predicted molar refractivity (Wildman–Crippen MR) is 93.3 cm³/mol. The molecule has 0 radical (unpaired) electrons. The van der Waals surface area contributed by atoms with Crippen molar-refractivity contribution in [2.45, 2.75) is 32.4 Å². The summed E-state index contributed by atoms with van der Waals surface area (Å²) in [5.74, 6) is -2.68. The Bertz CT molecular complexity index is 763. The molecule has 3 nitrogen and oxygen atoms in total. The first kappa shape index (κ1) is 17.5. The molecule has 1 atom stereocenters. The number of hydrogen-bond donors (Lipinski definition) is 1. The normalized spacial score (nSPS) is 15.5. The van der Waals surface area contributed by atoms with Gasteiger partial charge in [0.05, 0.1) is 5.56 Å². The Morgan fingerprint density at radius 1 is 1.16 bits per heavy atom. The number of nitrogens with zero attached hydrogens (tertiary/aromatic N) is 1. The van der Waals surface area contributed by atoms with E-state index in [4.69, 9.17) is 0 Å². The second-order valence-corrected chi connectivity index (χ2v) is 6.36. The quantitative estimate of drug-likeness (QED) is 0.900. The van der Waals surface area contributed by atoms with Crippen LogP contribution in [0, 0.1) is 11.6 Å². The standard InChI is InChI=1S/C20H22F2N2O/c1-2-16(24-11-10-14-6-3-4-7-15(14)13-24)12-23-20(25)17-8-5-9-18(21)19(17)22/h3-9,16H,2,10-13H2,1H3,(H,23,25). The summed E-state index contributed by atoms with van der Waals surface area (Å²) in [6.07, 6.45) is 1.85. The zero-order chi connectivity index (χ0) is 17.8. The first-order valence-electron chi connectivity index (χ1n) is 8.63. The van der Waals surface area contributed by atoms with Gasteiger partial charge in [-0.2, -0.15) is 0 Å². The van der Waals surface area contributed by atoms with E-state index in [1.165, 1.54) is 23.3 Å². The van der Waals surface area contributed by atoms with Crippen molar-refractivity contribution in [2.75, 3.05) is 13.1 Å². The molecule has 5 heteroatoms.